The van der Waals surface area contributed by atoms with Crippen molar-refractivity contribution in [2.75, 3.05) is 12.3 Å². The Morgan fingerprint density at radius 3 is 3.18 bits per heavy atom. The van der Waals surface area contributed by atoms with E-state index in [4.69, 9.17) is 1.37 Å². The average molecular weight is 153 g/mol. The van der Waals surface area contributed by atoms with Gasteiger partial charge in [-0.15, -0.1) is 0 Å². The Labute approximate surface area is 65.4 Å². The molecule has 0 aliphatic carbocycles. The number of rotatable bonds is 2. The van der Waals surface area contributed by atoms with Gasteiger partial charge in [0.15, 0.2) is 0 Å². The number of hydrogen-bond donors (Lipinski definition) is 1. The molecular formula is C7H8N2O2. The van der Waals surface area contributed by atoms with Gasteiger partial charge in [0.1, 0.15) is 0 Å². The predicted octanol–water partition coefficient (Wildman–Crippen LogP) is 1.64. The molecule has 0 saturated carbocycles. The lowest BCUT2D eigenvalue weighted by Gasteiger charge is -1.97. The first-order valence-electron chi connectivity index (χ1n) is 3.72. The van der Waals surface area contributed by atoms with Crippen LogP contribution in [0.25, 0.3) is 0 Å². The zero-order valence-electron chi connectivity index (χ0n) is 6.78. The number of nitrogens with one attached hydrogen (secondary N) is 1. The van der Waals surface area contributed by atoms with E-state index in [1.165, 1.54) is 12.1 Å². The van der Waals surface area contributed by atoms with Gasteiger partial charge in [0.2, 0.25) is 0 Å². The van der Waals surface area contributed by atoms with Crippen LogP contribution in [-0.4, -0.2) is 11.9 Å². The minimum absolute atomic E-state index is 0.0150. The second-order valence-corrected chi connectivity index (χ2v) is 1.98. The lowest BCUT2D eigenvalue weighted by atomic mass is 10.3. The summed E-state index contributed by atoms with van der Waals surface area (Å²) in [6.45, 7) is 0. The van der Waals surface area contributed by atoms with Crippen molar-refractivity contribution in [1.82, 2.24) is 0 Å². The fourth-order valence-electron chi connectivity index (χ4n) is 0.729. The lowest BCUT2D eigenvalue weighted by Crippen LogP contribution is -1.91. The van der Waals surface area contributed by atoms with E-state index in [-0.39, 0.29) is 12.7 Å². The molecule has 1 aromatic rings. The molecule has 0 aliphatic heterocycles. The number of non-ortho nitro benzene ring substituents is 1. The van der Waals surface area contributed by atoms with Crippen molar-refractivity contribution in [3.8, 4) is 0 Å². The first kappa shape index (κ1) is 6.15. The van der Waals surface area contributed by atoms with Crippen LogP contribution in [0.2, 0.25) is 0 Å². The summed E-state index contributed by atoms with van der Waals surface area (Å²) in [6.07, 6.45) is 0. The Balaban J connectivity index is 2.88. The van der Waals surface area contributed by atoms with Crippen molar-refractivity contribution < 1.29 is 6.29 Å². The molecule has 0 fully saturated rings. The highest BCUT2D eigenvalue weighted by Gasteiger charge is 2.03. The Bertz CT molecular complexity index is 290. The number of anilines is 1. The van der Waals surface area contributed by atoms with Crippen LogP contribution in [-0.2, 0) is 0 Å². The van der Waals surface area contributed by atoms with Crippen LogP contribution in [0, 0.1) is 10.1 Å². The molecule has 0 unspecified atom stereocenters. The van der Waals surface area contributed by atoms with Crippen molar-refractivity contribution in [3.05, 3.63) is 34.4 Å². The molecule has 4 heteroatoms. The van der Waals surface area contributed by atoms with Gasteiger partial charge in [-0.25, -0.2) is 0 Å². The summed E-state index contributed by atoms with van der Waals surface area (Å²) in [7, 11) is 0.0150. The Morgan fingerprint density at radius 1 is 1.73 bits per heavy atom. The second-order valence-electron chi connectivity index (χ2n) is 1.98. The molecule has 1 aromatic carbocycles. The van der Waals surface area contributed by atoms with Gasteiger partial charge in [-0.2, -0.15) is 0 Å². The molecule has 0 amide bonds. The van der Waals surface area contributed by atoms with Crippen LogP contribution in [0.1, 0.15) is 1.37 Å². The summed E-state index contributed by atoms with van der Waals surface area (Å²) < 4.78 is 6.84. The van der Waals surface area contributed by atoms with Crippen molar-refractivity contribution in [1.29, 1.82) is 0 Å². The third kappa shape index (κ3) is 1.67. The molecule has 4 nitrogen and oxygen atoms in total. The number of benzene rings is 1. The van der Waals surface area contributed by atoms with E-state index < -0.39 is 4.92 Å². The monoisotopic (exact) mass is 153 g/mol. The van der Waals surface area contributed by atoms with E-state index in [0.717, 1.165) is 0 Å². The van der Waals surface area contributed by atoms with Gasteiger partial charge in [-0.3, -0.25) is 10.1 Å². The summed E-state index contributed by atoms with van der Waals surface area (Å²) in [5.74, 6) is 0. The third-order valence-corrected chi connectivity index (χ3v) is 1.26. The summed E-state index contributed by atoms with van der Waals surface area (Å²) in [5.41, 5.74) is 0.632. The molecule has 0 spiro atoms. The minimum Gasteiger partial charge on any atom is -0.388 e. The third-order valence-electron chi connectivity index (χ3n) is 1.26. The molecule has 1 N–H and O–H groups in total. The smallest absolute Gasteiger partial charge is 0.271 e. The molecule has 0 heterocycles. The zero-order chi connectivity index (χ0) is 8.97. The highest BCUT2D eigenvalue weighted by molar-refractivity contribution is 5.50. The van der Waals surface area contributed by atoms with Crippen LogP contribution in [0.4, 0.5) is 11.4 Å². The maximum Gasteiger partial charge on any atom is 0.271 e. The lowest BCUT2D eigenvalue weighted by molar-refractivity contribution is -0.384. The fourth-order valence-corrected chi connectivity index (χ4v) is 0.729. The topological polar surface area (TPSA) is 55.2 Å². The van der Waals surface area contributed by atoms with Crippen LogP contribution in [0.5, 0.6) is 0 Å². The first-order valence-corrected chi connectivity index (χ1v) is 3.01. The quantitative estimate of drug-likeness (QED) is 0.519. The maximum atomic E-state index is 10.3. The molecule has 11 heavy (non-hydrogen) atoms. The largest absolute Gasteiger partial charge is 0.388 e. The molecular weight excluding hydrogens is 144 g/mol. The van der Waals surface area contributed by atoms with Gasteiger partial charge < -0.3 is 5.32 Å². The number of hydrogen-bond acceptors (Lipinski definition) is 3. The van der Waals surface area contributed by atoms with E-state index in [2.05, 4.69) is 5.32 Å². The molecule has 0 aliphatic rings. The molecule has 0 bridgehead atoms. The van der Waals surface area contributed by atoms with Gasteiger partial charge in [-0.05, 0) is 6.07 Å². The SMILES string of the molecule is [2H]CNc1cccc([N+](=O)[O-])c1. The summed E-state index contributed by atoms with van der Waals surface area (Å²) >= 11 is 0. The van der Waals surface area contributed by atoms with Crippen molar-refractivity contribution in [2.45, 2.75) is 0 Å². The van der Waals surface area contributed by atoms with Crippen molar-refractivity contribution in [3.63, 3.8) is 0 Å². The van der Waals surface area contributed by atoms with Gasteiger partial charge in [0.05, 0.1) is 4.92 Å². The minimum atomic E-state index is -0.463. The predicted molar refractivity (Wildman–Crippen MR) is 42.6 cm³/mol. The van der Waals surface area contributed by atoms with Gasteiger partial charge in [-0.1, -0.05) is 6.07 Å². The van der Waals surface area contributed by atoms with E-state index in [9.17, 15) is 10.1 Å². The van der Waals surface area contributed by atoms with Crippen molar-refractivity contribution >= 4 is 11.4 Å². The molecule has 58 valence electrons. The Morgan fingerprint density at radius 2 is 2.55 bits per heavy atom. The van der Waals surface area contributed by atoms with Gasteiger partial charge >= 0.3 is 0 Å². The normalized spacial score (nSPS) is 10.4. The van der Waals surface area contributed by atoms with Crippen LogP contribution < -0.4 is 5.32 Å². The average Bonchev–Trinajstić information content (AvgIpc) is 2.05. The summed E-state index contributed by atoms with van der Waals surface area (Å²) in [6, 6.07) is 6.07. The molecule has 1 rings (SSSR count). The zero-order valence-corrected chi connectivity index (χ0v) is 5.78. The van der Waals surface area contributed by atoms with Crippen LogP contribution >= 0.6 is 0 Å². The van der Waals surface area contributed by atoms with Crippen molar-refractivity contribution in [2.24, 2.45) is 0 Å². The standard InChI is InChI=1S/C7H8N2O2/c1-8-6-3-2-4-7(5-6)9(10)11/h2-5,8H,1H3/i1D. The molecule has 0 radical (unpaired) electrons. The maximum absolute atomic E-state index is 10.3. The van der Waals surface area contributed by atoms with E-state index in [0.29, 0.717) is 5.69 Å². The summed E-state index contributed by atoms with van der Waals surface area (Å²) in [4.78, 5) is 9.83. The van der Waals surface area contributed by atoms with Crippen LogP contribution in [0.15, 0.2) is 24.3 Å². The molecule has 0 atom stereocenters. The van der Waals surface area contributed by atoms with Gasteiger partial charge in [0.25, 0.3) is 5.69 Å². The molecule has 0 aromatic heterocycles. The number of nitro groups is 1. The Hall–Kier alpha value is -1.58. The number of nitro benzene ring substituents is 1. The molecule has 0 saturated heterocycles. The highest BCUT2D eigenvalue weighted by atomic mass is 16.6. The highest BCUT2D eigenvalue weighted by Crippen LogP contribution is 2.15. The van der Waals surface area contributed by atoms with E-state index in [1.807, 2.05) is 0 Å². The van der Waals surface area contributed by atoms with E-state index >= 15 is 0 Å². The second kappa shape index (κ2) is 3.01. The van der Waals surface area contributed by atoms with E-state index in [1.54, 1.807) is 12.1 Å². The first-order chi connectivity index (χ1) is 5.74. The fraction of sp³-hybridized carbons (Fsp3) is 0.143. The number of nitrogens with zero attached hydrogens (tertiary/aromatic N) is 1. The Kier molecular flexibility index (Phi) is 1.68. The van der Waals surface area contributed by atoms with Crippen LogP contribution in [0.3, 0.4) is 0 Å². The van der Waals surface area contributed by atoms with Gasteiger partial charge in [0, 0.05) is 26.2 Å². The summed E-state index contributed by atoms with van der Waals surface area (Å²) in [5, 5.41) is 13.0.